The molecule has 0 bridgehead atoms. The van der Waals surface area contributed by atoms with Gasteiger partial charge in [-0.05, 0) is 48.1 Å². The van der Waals surface area contributed by atoms with Crippen LogP contribution < -0.4 is 5.32 Å². The summed E-state index contributed by atoms with van der Waals surface area (Å²) in [4.78, 5) is 19.8. The zero-order valence-corrected chi connectivity index (χ0v) is 13.3. The van der Waals surface area contributed by atoms with Gasteiger partial charge in [0.15, 0.2) is 0 Å². The summed E-state index contributed by atoms with van der Waals surface area (Å²) in [6.45, 7) is 0.815. The standard InChI is InChI=1S/C17H19N3OS/c1-18-16-12-13(8-9-19-16)15-5-2-10-20(15)17(21)7-6-14-4-3-11-22-14/h3-4,6-9,11-12,15H,2,5,10H2,1H3,(H,18,19)/b7-6+/t15-/m1/s1. The summed E-state index contributed by atoms with van der Waals surface area (Å²) in [6, 6.07) is 8.18. The van der Waals surface area contributed by atoms with Crippen LogP contribution in [-0.2, 0) is 4.79 Å². The Labute approximate surface area is 134 Å². The molecule has 3 heterocycles. The summed E-state index contributed by atoms with van der Waals surface area (Å²) in [5, 5.41) is 5.06. The van der Waals surface area contributed by atoms with E-state index in [1.807, 2.05) is 47.7 Å². The van der Waals surface area contributed by atoms with Crippen LogP contribution in [0.15, 0.2) is 41.9 Å². The number of hydrogen-bond donors (Lipinski definition) is 1. The molecule has 5 heteroatoms. The number of carbonyl (C=O) groups excluding carboxylic acids is 1. The lowest BCUT2D eigenvalue weighted by Gasteiger charge is -2.24. The number of thiophene rings is 1. The fourth-order valence-corrected chi connectivity index (χ4v) is 3.42. The SMILES string of the molecule is CNc1cc([C@H]2CCCN2C(=O)/C=C/c2cccs2)ccn1. The quantitative estimate of drug-likeness (QED) is 0.878. The van der Waals surface area contributed by atoms with E-state index in [0.29, 0.717) is 0 Å². The number of likely N-dealkylation sites (tertiary alicyclic amines) is 1. The van der Waals surface area contributed by atoms with Crippen molar-refractivity contribution >= 4 is 29.1 Å². The van der Waals surface area contributed by atoms with E-state index in [2.05, 4.69) is 10.3 Å². The Balaban J connectivity index is 1.76. The molecular formula is C17H19N3OS. The van der Waals surface area contributed by atoms with Gasteiger partial charge in [-0.2, -0.15) is 0 Å². The molecular weight excluding hydrogens is 294 g/mol. The van der Waals surface area contributed by atoms with Gasteiger partial charge in [-0.1, -0.05) is 6.07 Å². The van der Waals surface area contributed by atoms with Crippen molar-refractivity contribution in [3.05, 3.63) is 52.4 Å². The molecule has 1 atom stereocenters. The Morgan fingerprint density at radius 3 is 3.18 bits per heavy atom. The molecule has 1 N–H and O–H groups in total. The Kier molecular flexibility index (Phi) is 4.53. The van der Waals surface area contributed by atoms with Gasteiger partial charge in [0.05, 0.1) is 6.04 Å². The van der Waals surface area contributed by atoms with Crippen LogP contribution in [-0.4, -0.2) is 29.4 Å². The summed E-state index contributed by atoms with van der Waals surface area (Å²) in [7, 11) is 1.85. The van der Waals surface area contributed by atoms with Gasteiger partial charge in [-0.25, -0.2) is 4.98 Å². The number of nitrogens with zero attached hydrogens (tertiary/aromatic N) is 2. The molecule has 1 saturated heterocycles. The first kappa shape index (κ1) is 14.8. The van der Waals surface area contributed by atoms with Gasteiger partial charge in [0, 0.05) is 30.7 Å². The minimum atomic E-state index is 0.0821. The highest BCUT2D eigenvalue weighted by Crippen LogP contribution is 2.32. The average Bonchev–Trinajstić information content (AvgIpc) is 3.24. The molecule has 0 saturated carbocycles. The predicted molar refractivity (Wildman–Crippen MR) is 90.8 cm³/mol. The lowest BCUT2D eigenvalue weighted by Crippen LogP contribution is -2.28. The van der Waals surface area contributed by atoms with E-state index < -0.39 is 0 Å². The highest BCUT2D eigenvalue weighted by Gasteiger charge is 2.28. The van der Waals surface area contributed by atoms with Crippen LogP contribution >= 0.6 is 11.3 Å². The maximum atomic E-state index is 12.5. The Morgan fingerprint density at radius 2 is 2.41 bits per heavy atom. The van der Waals surface area contributed by atoms with Crippen LogP contribution in [0.4, 0.5) is 5.82 Å². The second kappa shape index (κ2) is 6.75. The van der Waals surface area contributed by atoms with E-state index >= 15 is 0 Å². The second-order valence-corrected chi connectivity index (χ2v) is 6.24. The third kappa shape index (κ3) is 3.20. The molecule has 22 heavy (non-hydrogen) atoms. The summed E-state index contributed by atoms with van der Waals surface area (Å²) in [6.07, 6.45) is 7.42. The molecule has 0 aromatic carbocycles. The minimum absolute atomic E-state index is 0.0821. The first-order chi connectivity index (χ1) is 10.8. The Morgan fingerprint density at radius 1 is 1.50 bits per heavy atom. The molecule has 1 fully saturated rings. The number of anilines is 1. The Hall–Kier alpha value is -2.14. The predicted octanol–water partition coefficient (Wildman–Crippen LogP) is 3.56. The third-order valence-corrected chi connectivity index (χ3v) is 4.73. The Bertz CT molecular complexity index is 666. The van der Waals surface area contributed by atoms with E-state index in [4.69, 9.17) is 0 Å². The van der Waals surface area contributed by atoms with Crippen LogP contribution in [0.1, 0.15) is 29.3 Å². The highest BCUT2D eigenvalue weighted by atomic mass is 32.1. The third-order valence-electron chi connectivity index (χ3n) is 3.89. The smallest absolute Gasteiger partial charge is 0.247 e. The number of nitrogens with one attached hydrogen (secondary N) is 1. The lowest BCUT2D eigenvalue weighted by molar-refractivity contribution is -0.126. The fraction of sp³-hybridized carbons (Fsp3) is 0.294. The van der Waals surface area contributed by atoms with Crippen molar-refractivity contribution in [2.75, 3.05) is 18.9 Å². The average molecular weight is 313 g/mol. The first-order valence-corrected chi connectivity index (χ1v) is 8.32. The molecule has 0 spiro atoms. The van der Waals surface area contributed by atoms with Crippen molar-refractivity contribution in [1.29, 1.82) is 0 Å². The zero-order chi connectivity index (χ0) is 15.4. The number of amides is 1. The summed E-state index contributed by atoms with van der Waals surface area (Å²) < 4.78 is 0. The van der Waals surface area contributed by atoms with Crippen LogP contribution in [0.25, 0.3) is 6.08 Å². The van der Waals surface area contributed by atoms with E-state index in [0.717, 1.165) is 35.6 Å². The monoisotopic (exact) mass is 313 g/mol. The maximum absolute atomic E-state index is 12.5. The van der Waals surface area contributed by atoms with Crippen LogP contribution in [0, 0.1) is 0 Å². The van der Waals surface area contributed by atoms with Gasteiger partial charge in [0.25, 0.3) is 0 Å². The molecule has 0 aliphatic carbocycles. The van der Waals surface area contributed by atoms with E-state index in [9.17, 15) is 4.79 Å². The largest absolute Gasteiger partial charge is 0.373 e. The molecule has 3 rings (SSSR count). The molecule has 1 aliphatic heterocycles. The zero-order valence-electron chi connectivity index (χ0n) is 12.5. The van der Waals surface area contributed by atoms with Crippen molar-refractivity contribution in [1.82, 2.24) is 9.88 Å². The van der Waals surface area contributed by atoms with Crippen molar-refractivity contribution in [2.24, 2.45) is 0 Å². The topological polar surface area (TPSA) is 45.2 Å². The number of carbonyl (C=O) groups is 1. The molecule has 1 aliphatic rings. The van der Waals surface area contributed by atoms with Gasteiger partial charge in [-0.15, -0.1) is 11.3 Å². The lowest BCUT2D eigenvalue weighted by atomic mass is 10.1. The highest BCUT2D eigenvalue weighted by molar-refractivity contribution is 7.10. The van der Waals surface area contributed by atoms with Gasteiger partial charge in [0.2, 0.25) is 5.91 Å². The van der Waals surface area contributed by atoms with Gasteiger partial charge in [0.1, 0.15) is 5.82 Å². The van der Waals surface area contributed by atoms with E-state index in [-0.39, 0.29) is 11.9 Å². The van der Waals surface area contributed by atoms with E-state index in [1.165, 1.54) is 0 Å². The summed E-state index contributed by atoms with van der Waals surface area (Å²) in [5.74, 6) is 0.921. The fourth-order valence-electron chi connectivity index (χ4n) is 2.80. The molecule has 2 aromatic rings. The first-order valence-electron chi connectivity index (χ1n) is 7.44. The molecule has 0 unspecified atom stereocenters. The summed E-state index contributed by atoms with van der Waals surface area (Å²) >= 11 is 1.64. The molecule has 0 radical (unpaired) electrons. The number of aromatic nitrogens is 1. The van der Waals surface area contributed by atoms with Gasteiger partial charge in [-0.3, -0.25) is 4.79 Å². The van der Waals surface area contributed by atoms with Gasteiger partial charge >= 0.3 is 0 Å². The number of hydrogen-bond acceptors (Lipinski definition) is 4. The van der Waals surface area contributed by atoms with Crippen LogP contribution in [0.3, 0.4) is 0 Å². The minimum Gasteiger partial charge on any atom is -0.373 e. The molecule has 2 aromatic heterocycles. The number of rotatable bonds is 4. The van der Waals surface area contributed by atoms with Crippen molar-refractivity contribution < 1.29 is 4.79 Å². The molecule has 4 nitrogen and oxygen atoms in total. The van der Waals surface area contributed by atoms with Crippen molar-refractivity contribution in [2.45, 2.75) is 18.9 Å². The molecule has 114 valence electrons. The van der Waals surface area contributed by atoms with Crippen molar-refractivity contribution in [3.63, 3.8) is 0 Å². The van der Waals surface area contributed by atoms with Crippen molar-refractivity contribution in [3.8, 4) is 0 Å². The van der Waals surface area contributed by atoms with Crippen LogP contribution in [0.2, 0.25) is 0 Å². The maximum Gasteiger partial charge on any atom is 0.247 e. The second-order valence-electron chi connectivity index (χ2n) is 5.26. The number of pyridine rings is 1. The van der Waals surface area contributed by atoms with Gasteiger partial charge < -0.3 is 10.2 Å². The van der Waals surface area contributed by atoms with E-state index in [1.54, 1.807) is 23.6 Å². The van der Waals surface area contributed by atoms with Crippen LogP contribution in [0.5, 0.6) is 0 Å². The molecule has 1 amide bonds. The summed E-state index contributed by atoms with van der Waals surface area (Å²) in [5.41, 5.74) is 1.15. The normalized spacial score (nSPS) is 18.0.